The van der Waals surface area contributed by atoms with Crippen LogP contribution in [0.2, 0.25) is 0 Å². The van der Waals surface area contributed by atoms with Gasteiger partial charge in [-0.2, -0.15) is 18.4 Å². The van der Waals surface area contributed by atoms with Gasteiger partial charge < -0.3 is 16.2 Å². The number of fused-ring (bicyclic) bond motifs is 1. The Labute approximate surface area is 143 Å². The van der Waals surface area contributed by atoms with Crippen molar-refractivity contribution >= 4 is 22.6 Å². The van der Waals surface area contributed by atoms with Crippen molar-refractivity contribution in [2.75, 3.05) is 18.4 Å². The Hall–Kier alpha value is -3.07. The maximum absolute atomic E-state index is 13.2. The summed E-state index contributed by atoms with van der Waals surface area (Å²) in [5, 5.41) is 26.8. The van der Waals surface area contributed by atoms with Gasteiger partial charge in [-0.3, -0.25) is 0 Å². The number of nitrogens with zero attached hydrogens (tertiary/aromatic N) is 3. The fourth-order valence-corrected chi connectivity index (χ4v) is 1.60. The molecule has 0 aliphatic heterocycles. The lowest BCUT2D eigenvalue weighted by atomic mass is 10.1. The normalized spacial score (nSPS) is 11.3. The van der Waals surface area contributed by atoms with E-state index in [1.165, 1.54) is 0 Å². The molecule has 4 N–H and O–H groups in total. The molecule has 0 amide bonds. The summed E-state index contributed by atoms with van der Waals surface area (Å²) in [5.74, 6) is -5.80. The van der Waals surface area contributed by atoms with E-state index in [2.05, 4.69) is 15.5 Å². The topological polar surface area (TPSA) is 125 Å². The number of nitriles is 1. The van der Waals surface area contributed by atoms with Crippen LogP contribution in [0.15, 0.2) is 24.3 Å². The highest BCUT2D eigenvalue weighted by molar-refractivity contribution is 5.92. The molecule has 0 radical (unpaired) electrons. The number of alkyl halides is 5. The zero-order valence-electron chi connectivity index (χ0n) is 12.9. The molecule has 0 unspecified atom stereocenters. The molecule has 0 fully saturated rings. The van der Waals surface area contributed by atoms with Gasteiger partial charge in [0.15, 0.2) is 5.69 Å². The van der Waals surface area contributed by atoms with Crippen LogP contribution in [0.3, 0.4) is 0 Å². The molecule has 0 aliphatic rings. The number of hydrogen-bond donors (Lipinski definition) is 3. The Balaban J connectivity index is 0.000000412. The van der Waals surface area contributed by atoms with Crippen LogP contribution in [0.1, 0.15) is 5.69 Å². The monoisotopic (exact) mass is 377 g/mol. The van der Waals surface area contributed by atoms with Gasteiger partial charge in [0.05, 0.1) is 24.3 Å². The van der Waals surface area contributed by atoms with Crippen LogP contribution in [0, 0.1) is 11.3 Å². The van der Waals surface area contributed by atoms with Gasteiger partial charge >= 0.3 is 12.1 Å². The van der Waals surface area contributed by atoms with Gasteiger partial charge in [0.2, 0.25) is 0 Å². The lowest BCUT2D eigenvalue weighted by Crippen LogP contribution is -2.35. The molecule has 0 aliphatic carbocycles. The van der Waals surface area contributed by atoms with Gasteiger partial charge in [-0.15, -0.1) is 10.2 Å². The van der Waals surface area contributed by atoms with Crippen molar-refractivity contribution in [1.82, 2.24) is 10.2 Å². The highest BCUT2D eigenvalue weighted by atomic mass is 19.4. The van der Waals surface area contributed by atoms with Crippen LogP contribution in [-0.4, -0.2) is 46.5 Å². The van der Waals surface area contributed by atoms with Crippen LogP contribution >= 0.6 is 0 Å². The summed E-state index contributed by atoms with van der Waals surface area (Å²) in [7, 11) is 0. The van der Waals surface area contributed by atoms with E-state index in [-0.39, 0.29) is 11.4 Å². The molecular formula is C14H12F5N5O2. The molecule has 0 saturated carbocycles. The number of carboxylic acid groups (broad SMARTS) is 1. The zero-order chi connectivity index (χ0) is 20.0. The Morgan fingerprint density at radius 1 is 1.23 bits per heavy atom. The second-order valence-electron chi connectivity index (χ2n) is 4.77. The van der Waals surface area contributed by atoms with Crippen LogP contribution in [-0.2, 0) is 4.79 Å². The number of benzene rings is 1. The van der Waals surface area contributed by atoms with Gasteiger partial charge in [0.1, 0.15) is 6.07 Å². The fourth-order valence-electron chi connectivity index (χ4n) is 1.60. The molecule has 7 nitrogen and oxygen atoms in total. The van der Waals surface area contributed by atoms with Crippen LogP contribution in [0.4, 0.5) is 27.6 Å². The van der Waals surface area contributed by atoms with E-state index in [0.717, 1.165) is 0 Å². The number of carboxylic acids is 1. The summed E-state index contributed by atoms with van der Waals surface area (Å²) in [6.07, 6.45) is -5.08. The molecule has 0 atom stereocenters. The molecule has 2 rings (SSSR count). The summed E-state index contributed by atoms with van der Waals surface area (Å²) in [5.41, 5.74) is 5.73. The number of rotatable bonds is 4. The predicted molar refractivity (Wildman–Crippen MR) is 80.4 cm³/mol. The number of carbonyl (C=O) groups is 1. The quantitative estimate of drug-likeness (QED) is 0.697. The van der Waals surface area contributed by atoms with E-state index >= 15 is 0 Å². The van der Waals surface area contributed by atoms with Gasteiger partial charge in [0.25, 0.3) is 5.92 Å². The molecule has 0 spiro atoms. The number of aromatic nitrogens is 2. The first-order valence-corrected chi connectivity index (χ1v) is 6.79. The van der Waals surface area contributed by atoms with Gasteiger partial charge in [0, 0.05) is 5.39 Å². The number of nitrogens with one attached hydrogen (secondary N) is 1. The number of aliphatic carboxylic acids is 1. The first kappa shape index (κ1) is 21.0. The average Bonchev–Trinajstić information content (AvgIpc) is 2.59. The number of anilines is 1. The highest BCUT2D eigenvalue weighted by Gasteiger charge is 2.38. The van der Waals surface area contributed by atoms with Gasteiger partial charge in [-0.25, -0.2) is 13.6 Å². The Morgan fingerprint density at radius 2 is 1.81 bits per heavy atom. The van der Waals surface area contributed by atoms with Crippen LogP contribution < -0.4 is 11.1 Å². The molecule has 2 aromatic rings. The summed E-state index contributed by atoms with van der Waals surface area (Å²) in [6.45, 7) is -1.42. The molecule has 1 heterocycles. The summed E-state index contributed by atoms with van der Waals surface area (Å²) in [6, 6.07) is 8.69. The summed E-state index contributed by atoms with van der Waals surface area (Å²) >= 11 is 0. The van der Waals surface area contributed by atoms with Crippen molar-refractivity contribution in [1.29, 1.82) is 5.26 Å². The van der Waals surface area contributed by atoms with E-state index in [1.54, 1.807) is 24.3 Å². The molecular weight excluding hydrogens is 365 g/mol. The Bertz CT molecular complexity index is 819. The van der Waals surface area contributed by atoms with Crippen molar-refractivity contribution in [2.24, 2.45) is 5.73 Å². The minimum atomic E-state index is -5.08. The third-order valence-electron chi connectivity index (χ3n) is 2.84. The first-order valence-electron chi connectivity index (χ1n) is 6.79. The van der Waals surface area contributed by atoms with E-state index in [0.29, 0.717) is 10.9 Å². The second kappa shape index (κ2) is 8.34. The number of halogens is 5. The maximum Gasteiger partial charge on any atom is 0.490 e. The smallest absolute Gasteiger partial charge is 0.475 e. The van der Waals surface area contributed by atoms with Crippen molar-refractivity contribution in [3.05, 3.63) is 30.0 Å². The standard InChI is InChI=1S/C12H11F2N5.C2HF3O2/c13-12(14,6-16)7-17-11-8-3-1-2-4-9(8)18-19-10(11)5-15;3-2(4,5)1(6)7/h1-4H,6-7,16H2,(H,17,18);(H,6,7). The van der Waals surface area contributed by atoms with Crippen LogP contribution in [0.5, 0.6) is 0 Å². The molecule has 0 saturated heterocycles. The first-order chi connectivity index (χ1) is 12.0. The average molecular weight is 377 g/mol. The van der Waals surface area contributed by atoms with E-state index in [9.17, 15) is 22.0 Å². The fraction of sp³-hybridized carbons (Fsp3) is 0.286. The maximum atomic E-state index is 13.2. The minimum absolute atomic E-state index is 0.0217. The largest absolute Gasteiger partial charge is 0.490 e. The molecule has 1 aromatic heterocycles. The summed E-state index contributed by atoms with van der Waals surface area (Å²) < 4.78 is 58.1. The van der Waals surface area contributed by atoms with E-state index < -0.39 is 31.2 Å². The number of nitrogens with two attached hydrogens (primary N) is 1. The molecule has 26 heavy (non-hydrogen) atoms. The second-order valence-corrected chi connectivity index (χ2v) is 4.77. The van der Waals surface area contributed by atoms with Crippen LogP contribution in [0.25, 0.3) is 10.9 Å². The van der Waals surface area contributed by atoms with Crippen molar-refractivity contribution in [2.45, 2.75) is 12.1 Å². The minimum Gasteiger partial charge on any atom is -0.475 e. The predicted octanol–water partition coefficient (Wildman–Crippen LogP) is 2.14. The number of hydrogen-bond acceptors (Lipinski definition) is 6. The summed E-state index contributed by atoms with van der Waals surface area (Å²) in [4.78, 5) is 8.90. The Morgan fingerprint density at radius 3 is 2.31 bits per heavy atom. The van der Waals surface area contributed by atoms with Crippen molar-refractivity contribution < 1.29 is 31.9 Å². The highest BCUT2D eigenvalue weighted by Crippen LogP contribution is 2.25. The molecule has 140 valence electrons. The Kier molecular flexibility index (Phi) is 6.73. The zero-order valence-corrected chi connectivity index (χ0v) is 12.9. The van der Waals surface area contributed by atoms with E-state index in [4.69, 9.17) is 20.9 Å². The van der Waals surface area contributed by atoms with Crippen molar-refractivity contribution in [3.8, 4) is 6.07 Å². The van der Waals surface area contributed by atoms with Gasteiger partial charge in [-0.1, -0.05) is 18.2 Å². The lowest BCUT2D eigenvalue weighted by Gasteiger charge is -2.16. The van der Waals surface area contributed by atoms with E-state index in [1.807, 2.05) is 6.07 Å². The lowest BCUT2D eigenvalue weighted by molar-refractivity contribution is -0.192. The molecule has 0 bridgehead atoms. The van der Waals surface area contributed by atoms with Gasteiger partial charge in [-0.05, 0) is 6.07 Å². The SMILES string of the molecule is N#Cc1nnc2ccccc2c1NCC(F)(F)CN.O=C(O)C(F)(F)F. The van der Waals surface area contributed by atoms with Crippen molar-refractivity contribution in [3.63, 3.8) is 0 Å². The third kappa shape index (κ3) is 5.78. The third-order valence-corrected chi connectivity index (χ3v) is 2.84. The molecule has 12 heteroatoms. The molecule has 1 aromatic carbocycles.